The average Bonchev–Trinajstić information content (AvgIpc) is 3.47. The van der Waals surface area contributed by atoms with E-state index in [4.69, 9.17) is 14.2 Å². The van der Waals surface area contributed by atoms with Gasteiger partial charge in [-0.25, -0.2) is 0 Å². The Morgan fingerprint density at radius 2 is 0.439 bits per heavy atom. The molecule has 0 aromatic heterocycles. The highest BCUT2D eigenvalue weighted by atomic mass is 16.6. The Kier molecular flexibility index (Phi) is 69.1. The van der Waals surface area contributed by atoms with Crippen molar-refractivity contribution < 1.29 is 28.6 Å². The van der Waals surface area contributed by atoms with Gasteiger partial charge in [-0.2, -0.15) is 0 Å². The molecule has 0 amide bonds. The molecule has 0 heterocycles. The van der Waals surface area contributed by atoms with E-state index in [1.54, 1.807) is 0 Å². The quantitative estimate of drug-likeness (QED) is 0.0261. The molecule has 0 saturated heterocycles. The van der Waals surface area contributed by atoms with Gasteiger partial charge in [-0.1, -0.05) is 353 Å². The van der Waals surface area contributed by atoms with Gasteiger partial charge >= 0.3 is 17.9 Å². The van der Waals surface area contributed by atoms with Gasteiger partial charge in [-0.3, -0.25) is 14.4 Å². The summed E-state index contributed by atoms with van der Waals surface area (Å²) in [5, 5.41) is 0. The molecule has 0 rings (SSSR count). The molecule has 1 atom stereocenters. The third kappa shape index (κ3) is 68.4. The van der Waals surface area contributed by atoms with E-state index in [-0.39, 0.29) is 31.1 Å². The number of carbonyl (C=O) groups is 3. The van der Waals surface area contributed by atoms with Crippen molar-refractivity contribution in [3.05, 3.63) is 36.5 Å². The van der Waals surface area contributed by atoms with Crippen molar-refractivity contribution in [1.82, 2.24) is 0 Å². The summed E-state index contributed by atoms with van der Waals surface area (Å²) in [5.74, 6) is -0.840. The van der Waals surface area contributed by atoms with Crippen molar-refractivity contribution in [3.8, 4) is 0 Å². The van der Waals surface area contributed by atoms with Crippen LogP contribution in [0.4, 0.5) is 0 Å². The van der Waals surface area contributed by atoms with Gasteiger partial charge in [-0.05, 0) is 77.0 Å². The Bertz CT molecular complexity index is 1370. The lowest BCUT2D eigenvalue weighted by atomic mass is 10.0. The molecule has 0 aliphatic carbocycles. The smallest absolute Gasteiger partial charge is 0.306 e. The lowest BCUT2D eigenvalue weighted by Gasteiger charge is -2.18. The molecule has 0 aromatic carbocycles. The van der Waals surface area contributed by atoms with Crippen LogP contribution in [0.15, 0.2) is 36.5 Å². The second-order valence-corrected chi connectivity index (χ2v) is 25.2. The fraction of sp³-hybridized carbons (Fsp3) is 0.882. The molecule has 0 aliphatic rings. The van der Waals surface area contributed by atoms with Crippen molar-refractivity contribution >= 4 is 17.9 Å². The van der Waals surface area contributed by atoms with E-state index in [0.29, 0.717) is 19.3 Å². The monoisotopic (exact) mass is 1150 g/mol. The number of unbranched alkanes of at least 4 members (excludes halogenated alkanes) is 52. The highest BCUT2D eigenvalue weighted by Gasteiger charge is 2.19. The van der Waals surface area contributed by atoms with E-state index in [1.807, 2.05) is 0 Å². The molecule has 0 aliphatic heterocycles. The molecule has 0 aromatic rings. The van der Waals surface area contributed by atoms with Crippen molar-refractivity contribution in [3.63, 3.8) is 0 Å². The summed E-state index contributed by atoms with van der Waals surface area (Å²) in [6, 6.07) is 0. The largest absolute Gasteiger partial charge is 0.462 e. The third-order valence-corrected chi connectivity index (χ3v) is 16.9. The summed E-state index contributed by atoms with van der Waals surface area (Å²) >= 11 is 0. The van der Waals surface area contributed by atoms with E-state index >= 15 is 0 Å². The highest BCUT2D eigenvalue weighted by molar-refractivity contribution is 5.71. The molecule has 0 N–H and O–H groups in total. The molecule has 0 bridgehead atoms. The fourth-order valence-electron chi connectivity index (χ4n) is 11.3. The van der Waals surface area contributed by atoms with Crippen LogP contribution in [0.5, 0.6) is 0 Å². The molecule has 82 heavy (non-hydrogen) atoms. The van der Waals surface area contributed by atoms with Crippen LogP contribution < -0.4 is 0 Å². The minimum absolute atomic E-state index is 0.0673. The van der Waals surface area contributed by atoms with Gasteiger partial charge in [0.1, 0.15) is 13.2 Å². The number of carbonyl (C=O) groups excluding carboxylic acids is 3. The van der Waals surface area contributed by atoms with E-state index in [2.05, 4.69) is 57.2 Å². The molecule has 0 saturated carbocycles. The van der Waals surface area contributed by atoms with Gasteiger partial charge in [0, 0.05) is 19.3 Å². The molecule has 0 spiro atoms. The maximum atomic E-state index is 12.9. The van der Waals surface area contributed by atoms with E-state index < -0.39 is 6.10 Å². The summed E-state index contributed by atoms with van der Waals surface area (Å²) in [6.07, 6.45) is 89.1. The van der Waals surface area contributed by atoms with Gasteiger partial charge in [0.25, 0.3) is 0 Å². The molecular weight excluding hydrogens is 1010 g/mol. The minimum atomic E-state index is -0.771. The maximum absolute atomic E-state index is 12.9. The lowest BCUT2D eigenvalue weighted by Crippen LogP contribution is -2.30. The van der Waals surface area contributed by atoms with E-state index in [9.17, 15) is 14.4 Å². The summed E-state index contributed by atoms with van der Waals surface area (Å²) in [7, 11) is 0. The number of hydrogen-bond acceptors (Lipinski definition) is 6. The predicted octanol–water partition coefficient (Wildman–Crippen LogP) is 25.5. The number of ether oxygens (including phenoxy) is 3. The second kappa shape index (κ2) is 71.1. The van der Waals surface area contributed by atoms with Crippen molar-refractivity contribution in [2.45, 2.75) is 419 Å². The average molecular weight is 1150 g/mol. The first kappa shape index (κ1) is 79.6. The van der Waals surface area contributed by atoms with E-state index in [0.717, 1.165) is 64.2 Å². The van der Waals surface area contributed by atoms with Gasteiger partial charge < -0.3 is 14.2 Å². The molecule has 6 nitrogen and oxygen atoms in total. The highest BCUT2D eigenvalue weighted by Crippen LogP contribution is 2.19. The van der Waals surface area contributed by atoms with Crippen LogP contribution in [0.1, 0.15) is 412 Å². The van der Waals surface area contributed by atoms with Crippen LogP contribution >= 0.6 is 0 Å². The molecule has 0 fully saturated rings. The lowest BCUT2D eigenvalue weighted by molar-refractivity contribution is -0.167. The van der Waals surface area contributed by atoms with Crippen molar-refractivity contribution in [1.29, 1.82) is 0 Å². The van der Waals surface area contributed by atoms with Crippen LogP contribution in [0, 0.1) is 0 Å². The Labute approximate surface area is 512 Å². The number of esters is 3. The van der Waals surface area contributed by atoms with Gasteiger partial charge in [0.15, 0.2) is 6.10 Å². The number of allylic oxidation sites excluding steroid dienone is 6. The Morgan fingerprint density at radius 1 is 0.244 bits per heavy atom. The molecule has 6 heteroatoms. The Morgan fingerprint density at radius 3 is 0.683 bits per heavy atom. The maximum Gasteiger partial charge on any atom is 0.306 e. The second-order valence-electron chi connectivity index (χ2n) is 25.2. The number of hydrogen-bond donors (Lipinski definition) is 0. The number of rotatable bonds is 69. The molecule has 1 unspecified atom stereocenters. The zero-order valence-corrected chi connectivity index (χ0v) is 55.5. The first-order valence-electron chi connectivity index (χ1n) is 37.0. The Hall–Kier alpha value is -2.37. The van der Waals surface area contributed by atoms with Crippen LogP contribution in [0.3, 0.4) is 0 Å². The summed E-state index contributed by atoms with van der Waals surface area (Å²) in [6.45, 7) is 6.70. The van der Waals surface area contributed by atoms with Gasteiger partial charge in [0.2, 0.25) is 0 Å². The molecular formula is C76H142O6. The zero-order chi connectivity index (χ0) is 59.2. The Balaban J connectivity index is 4.11. The SMILES string of the molecule is CCCCCCC/C=C\C/C=C\CCCCCCCCCCCCCCCCCCCCCCCC(=O)OCC(COC(=O)CCCCCCCCCCCCCCC)OC(=O)CCCCCCCCC/C=C\CCCCCCCCC. The van der Waals surface area contributed by atoms with Gasteiger partial charge in [0.05, 0.1) is 0 Å². The van der Waals surface area contributed by atoms with Crippen molar-refractivity contribution in [2.75, 3.05) is 13.2 Å². The summed E-state index contributed by atoms with van der Waals surface area (Å²) in [5.41, 5.74) is 0. The summed E-state index contributed by atoms with van der Waals surface area (Å²) in [4.78, 5) is 38.4. The first-order chi connectivity index (χ1) is 40.5. The van der Waals surface area contributed by atoms with Gasteiger partial charge in [-0.15, -0.1) is 0 Å². The topological polar surface area (TPSA) is 78.9 Å². The van der Waals surface area contributed by atoms with Crippen LogP contribution in [0.2, 0.25) is 0 Å². The standard InChI is InChI=1S/C76H142O6/c1-4-7-10-13-16-19-22-25-27-29-31-32-33-34-35-36-37-38-39-40-41-42-43-44-45-47-48-51-54-57-60-63-66-69-75(78)81-72-73(71-80-74(77)68-65-62-59-56-53-50-24-21-18-15-12-9-6-3)82-76(79)70-67-64-61-58-55-52-49-46-30-28-26-23-20-17-14-11-8-5-2/h22,25,28-31,73H,4-21,23-24,26-27,32-72H2,1-3H3/b25-22-,30-28-,31-29-. The molecule has 482 valence electrons. The minimum Gasteiger partial charge on any atom is -0.462 e. The van der Waals surface area contributed by atoms with Crippen LogP contribution in [-0.2, 0) is 28.6 Å². The van der Waals surface area contributed by atoms with Crippen LogP contribution in [0.25, 0.3) is 0 Å². The molecule has 0 radical (unpaired) electrons. The third-order valence-electron chi connectivity index (χ3n) is 16.9. The summed E-state index contributed by atoms with van der Waals surface area (Å²) < 4.78 is 17.0. The fourth-order valence-corrected chi connectivity index (χ4v) is 11.3. The zero-order valence-electron chi connectivity index (χ0n) is 55.5. The normalized spacial score (nSPS) is 12.2. The first-order valence-corrected chi connectivity index (χ1v) is 37.0. The van der Waals surface area contributed by atoms with E-state index in [1.165, 1.54) is 308 Å². The van der Waals surface area contributed by atoms with Crippen molar-refractivity contribution in [2.24, 2.45) is 0 Å². The van der Waals surface area contributed by atoms with Crippen LogP contribution in [-0.4, -0.2) is 37.2 Å². The predicted molar refractivity (Wildman–Crippen MR) is 358 cm³/mol.